The Morgan fingerprint density at radius 1 is 1.47 bits per heavy atom. The second-order valence-corrected chi connectivity index (χ2v) is 3.82. The maximum Gasteiger partial charge on any atom is 0.250 e. The number of piperidine rings is 1. The summed E-state index contributed by atoms with van der Waals surface area (Å²) < 4.78 is 0. The second-order valence-electron chi connectivity index (χ2n) is 3.82. The number of pyridine rings is 1. The molecule has 2 rings (SSSR count). The molecule has 0 radical (unpaired) electrons. The third-order valence-electron chi connectivity index (χ3n) is 2.83. The SMILES string of the molecule is NC(=O)c1cccnc1C1CCNCC1. The zero-order valence-electron chi connectivity index (χ0n) is 8.57. The van der Waals surface area contributed by atoms with Crippen molar-refractivity contribution in [2.24, 2.45) is 5.73 Å². The van der Waals surface area contributed by atoms with Crippen molar-refractivity contribution in [1.82, 2.24) is 10.3 Å². The molecule has 1 fully saturated rings. The number of hydrogen-bond donors (Lipinski definition) is 2. The first-order valence-corrected chi connectivity index (χ1v) is 5.24. The van der Waals surface area contributed by atoms with E-state index in [1.165, 1.54) is 0 Å². The van der Waals surface area contributed by atoms with Crippen molar-refractivity contribution < 1.29 is 4.79 Å². The molecule has 15 heavy (non-hydrogen) atoms. The lowest BCUT2D eigenvalue weighted by atomic mass is 9.91. The summed E-state index contributed by atoms with van der Waals surface area (Å²) >= 11 is 0. The van der Waals surface area contributed by atoms with E-state index in [9.17, 15) is 4.79 Å². The summed E-state index contributed by atoms with van der Waals surface area (Å²) in [5.74, 6) is -0.00779. The van der Waals surface area contributed by atoms with E-state index in [4.69, 9.17) is 5.73 Å². The summed E-state index contributed by atoms with van der Waals surface area (Å²) in [5, 5.41) is 3.29. The minimum atomic E-state index is -0.378. The Bertz CT molecular complexity index is 359. The van der Waals surface area contributed by atoms with Crippen LogP contribution < -0.4 is 11.1 Å². The molecule has 0 aromatic carbocycles. The quantitative estimate of drug-likeness (QED) is 0.744. The first-order chi connectivity index (χ1) is 7.29. The second kappa shape index (κ2) is 4.40. The molecule has 0 atom stereocenters. The minimum absolute atomic E-state index is 0.370. The summed E-state index contributed by atoms with van der Waals surface area (Å²) in [6, 6.07) is 3.51. The molecule has 3 N–H and O–H groups in total. The molecule has 80 valence electrons. The number of primary amides is 1. The highest BCUT2D eigenvalue weighted by molar-refractivity contribution is 5.94. The van der Waals surface area contributed by atoms with E-state index in [1.54, 1.807) is 18.3 Å². The van der Waals surface area contributed by atoms with E-state index in [0.717, 1.165) is 31.6 Å². The monoisotopic (exact) mass is 205 g/mol. The molecule has 0 bridgehead atoms. The van der Waals surface area contributed by atoms with Crippen LogP contribution in [-0.4, -0.2) is 24.0 Å². The average molecular weight is 205 g/mol. The summed E-state index contributed by atoms with van der Waals surface area (Å²) in [5.41, 5.74) is 6.77. The fraction of sp³-hybridized carbons (Fsp3) is 0.455. The molecule has 1 aromatic heterocycles. The van der Waals surface area contributed by atoms with Gasteiger partial charge in [0, 0.05) is 12.1 Å². The van der Waals surface area contributed by atoms with Gasteiger partial charge in [0.15, 0.2) is 0 Å². The smallest absolute Gasteiger partial charge is 0.250 e. The van der Waals surface area contributed by atoms with Gasteiger partial charge in [-0.1, -0.05) is 0 Å². The maximum absolute atomic E-state index is 11.2. The molecule has 0 spiro atoms. The Morgan fingerprint density at radius 2 is 2.20 bits per heavy atom. The van der Waals surface area contributed by atoms with Crippen molar-refractivity contribution in [3.8, 4) is 0 Å². The number of rotatable bonds is 2. The number of amides is 1. The van der Waals surface area contributed by atoms with Crippen molar-refractivity contribution in [1.29, 1.82) is 0 Å². The van der Waals surface area contributed by atoms with Gasteiger partial charge in [0.1, 0.15) is 0 Å². The Morgan fingerprint density at radius 3 is 2.87 bits per heavy atom. The molecule has 0 saturated carbocycles. The Hall–Kier alpha value is -1.42. The summed E-state index contributed by atoms with van der Waals surface area (Å²) in [7, 11) is 0. The van der Waals surface area contributed by atoms with Gasteiger partial charge in [-0.3, -0.25) is 9.78 Å². The highest BCUT2D eigenvalue weighted by Gasteiger charge is 2.20. The van der Waals surface area contributed by atoms with Gasteiger partial charge in [0.2, 0.25) is 0 Å². The van der Waals surface area contributed by atoms with Gasteiger partial charge in [-0.2, -0.15) is 0 Å². The van der Waals surface area contributed by atoms with Gasteiger partial charge in [-0.05, 0) is 38.1 Å². The van der Waals surface area contributed by atoms with Crippen molar-refractivity contribution in [2.75, 3.05) is 13.1 Å². The van der Waals surface area contributed by atoms with Gasteiger partial charge >= 0.3 is 0 Å². The molecule has 4 heteroatoms. The van der Waals surface area contributed by atoms with Crippen LogP contribution in [0.4, 0.5) is 0 Å². The highest BCUT2D eigenvalue weighted by atomic mass is 16.1. The summed E-state index contributed by atoms with van der Waals surface area (Å²) in [4.78, 5) is 15.5. The Labute approximate surface area is 88.9 Å². The van der Waals surface area contributed by atoms with Crippen LogP contribution in [0.3, 0.4) is 0 Å². The highest BCUT2D eigenvalue weighted by Crippen LogP contribution is 2.25. The largest absolute Gasteiger partial charge is 0.366 e. The van der Waals surface area contributed by atoms with E-state index in [2.05, 4.69) is 10.3 Å². The number of carbonyl (C=O) groups is 1. The van der Waals surface area contributed by atoms with Crippen molar-refractivity contribution in [3.05, 3.63) is 29.6 Å². The zero-order valence-corrected chi connectivity index (χ0v) is 8.57. The van der Waals surface area contributed by atoms with Gasteiger partial charge in [0.25, 0.3) is 5.91 Å². The Kier molecular flexibility index (Phi) is 2.97. The lowest BCUT2D eigenvalue weighted by Gasteiger charge is -2.23. The van der Waals surface area contributed by atoms with E-state index in [1.807, 2.05) is 0 Å². The number of nitrogens with two attached hydrogens (primary N) is 1. The van der Waals surface area contributed by atoms with Crippen molar-refractivity contribution in [2.45, 2.75) is 18.8 Å². The standard InChI is InChI=1S/C11H15N3O/c12-11(15)9-2-1-5-14-10(9)8-3-6-13-7-4-8/h1-2,5,8,13H,3-4,6-7H2,(H2,12,15). The van der Waals surface area contributed by atoms with Crippen LogP contribution in [0.5, 0.6) is 0 Å². The molecular weight excluding hydrogens is 190 g/mol. The lowest BCUT2D eigenvalue weighted by molar-refractivity contribution is 0.0998. The predicted molar refractivity (Wildman–Crippen MR) is 57.6 cm³/mol. The van der Waals surface area contributed by atoms with Crippen LogP contribution >= 0.6 is 0 Å². The van der Waals surface area contributed by atoms with Crippen molar-refractivity contribution in [3.63, 3.8) is 0 Å². The molecule has 1 saturated heterocycles. The number of nitrogens with one attached hydrogen (secondary N) is 1. The van der Waals surface area contributed by atoms with Gasteiger partial charge < -0.3 is 11.1 Å². The zero-order chi connectivity index (χ0) is 10.7. The van der Waals surface area contributed by atoms with Gasteiger partial charge in [-0.25, -0.2) is 0 Å². The summed E-state index contributed by atoms with van der Waals surface area (Å²) in [6.07, 6.45) is 3.78. The predicted octanol–water partition coefficient (Wildman–Crippen LogP) is 0.647. The molecule has 1 aromatic rings. The number of aromatic nitrogens is 1. The summed E-state index contributed by atoms with van der Waals surface area (Å²) in [6.45, 7) is 1.97. The van der Waals surface area contributed by atoms with Crippen LogP contribution in [-0.2, 0) is 0 Å². The van der Waals surface area contributed by atoms with Crippen LogP contribution in [0.2, 0.25) is 0 Å². The number of carbonyl (C=O) groups excluding carboxylic acids is 1. The van der Waals surface area contributed by atoms with Crippen LogP contribution in [0.1, 0.15) is 34.8 Å². The van der Waals surface area contributed by atoms with Crippen LogP contribution in [0, 0.1) is 0 Å². The fourth-order valence-corrected chi connectivity index (χ4v) is 2.05. The Balaban J connectivity index is 2.29. The van der Waals surface area contributed by atoms with Crippen LogP contribution in [0.15, 0.2) is 18.3 Å². The molecule has 0 unspecified atom stereocenters. The normalized spacial score (nSPS) is 17.6. The number of hydrogen-bond acceptors (Lipinski definition) is 3. The van der Waals surface area contributed by atoms with E-state index < -0.39 is 0 Å². The molecule has 1 amide bonds. The molecule has 2 heterocycles. The first-order valence-electron chi connectivity index (χ1n) is 5.24. The number of nitrogens with zero attached hydrogens (tertiary/aromatic N) is 1. The van der Waals surface area contributed by atoms with Crippen molar-refractivity contribution >= 4 is 5.91 Å². The lowest BCUT2D eigenvalue weighted by Crippen LogP contribution is -2.28. The molecule has 4 nitrogen and oxygen atoms in total. The van der Waals surface area contributed by atoms with E-state index in [-0.39, 0.29) is 5.91 Å². The third kappa shape index (κ3) is 2.15. The van der Waals surface area contributed by atoms with Gasteiger partial charge in [-0.15, -0.1) is 0 Å². The molecular formula is C11H15N3O. The third-order valence-corrected chi connectivity index (χ3v) is 2.83. The molecule has 1 aliphatic rings. The molecule has 0 aliphatic carbocycles. The van der Waals surface area contributed by atoms with E-state index >= 15 is 0 Å². The van der Waals surface area contributed by atoms with Crippen LogP contribution in [0.25, 0.3) is 0 Å². The topological polar surface area (TPSA) is 68.0 Å². The maximum atomic E-state index is 11.2. The first kappa shape index (κ1) is 10.1. The van der Waals surface area contributed by atoms with Gasteiger partial charge in [0.05, 0.1) is 11.3 Å². The fourth-order valence-electron chi connectivity index (χ4n) is 2.05. The minimum Gasteiger partial charge on any atom is -0.366 e. The molecule has 1 aliphatic heterocycles. The van der Waals surface area contributed by atoms with E-state index in [0.29, 0.717) is 11.5 Å². The average Bonchev–Trinajstić information content (AvgIpc) is 2.30.